The fourth-order valence-corrected chi connectivity index (χ4v) is 2.17. The van der Waals surface area contributed by atoms with Crippen LogP contribution >= 0.6 is 0 Å². The Morgan fingerprint density at radius 1 is 1.00 bits per heavy atom. The van der Waals surface area contributed by atoms with Gasteiger partial charge in [0.15, 0.2) is 0 Å². The summed E-state index contributed by atoms with van der Waals surface area (Å²) in [6.07, 6.45) is 10.3. The van der Waals surface area contributed by atoms with Crippen LogP contribution in [-0.2, 0) is 4.79 Å². The van der Waals surface area contributed by atoms with Gasteiger partial charge in [-0.15, -0.1) is 0 Å². The zero-order chi connectivity index (χ0) is 13.8. The Morgan fingerprint density at radius 2 is 1.50 bits per heavy atom. The van der Waals surface area contributed by atoms with Crippen molar-refractivity contribution in [2.24, 2.45) is 5.92 Å². The van der Waals surface area contributed by atoms with E-state index in [1.165, 1.54) is 44.9 Å². The predicted molar refractivity (Wildman–Crippen MR) is 74.7 cm³/mol. The average molecular weight is 258 g/mol. The number of carboxylic acids is 1. The summed E-state index contributed by atoms with van der Waals surface area (Å²) >= 11 is 0. The van der Waals surface area contributed by atoms with Gasteiger partial charge < -0.3 is 10.2 Å². The molecule has 3 nitrogen and oxygen atoms in total. The van der Waals surface area contributed by atoms with Crippen molar-refractivity contribution in [3.8, 4) is 0 Å². The Bertz CT molecular complexity index is 204. The number of aliphatic hydroxyl groups is 1. The lowest BCUT2D eigenvalue weighted by Crippen LogP contribution is -2.21. The molecule has 0 rings (SSSR count). The minimum absolute atomic E-state index is 0.0983. The third-order valence-electron chi connectivity index (χ3n) is 3.55. The molecule has 0 saturated heterocycles. The maximum Gasteiger partial charge on any atom is 0.305 e. The molecular weight excluding hydrogens is 228 g/mol. The van der Waals surface area contributed by atoms with Crippen LogP contribution in [0.25, 0.3) is 0 Å². The topological polar surface area (TPSA) is 57.5 Å². The van der Waals surface area contributed by atoms with Gasteiger partial charge in [-0.25, -0.2) is 0 Å². The Hall–Kier alpha value is -0.570. The van der Waals surface area contributed by atoms with Gasteiger partial charge in [0.1, 0.15) is 0 Å². The van der Waals surface area contributed by atoms with Crippen molar-refractivity contribution in [1.29, 1.82) is 0 Å². The lowest BCUT2D eigenvalue weighted by Gasteiger charge is -2.16. The van der Waals surface area contributed by atoms with E-state index in [1.807, 2.05) is 6.92 Å². The summed E-state index contributed by atoms with van der Waals surface area (Å²) in [5, 5.41) is 18.2. The van der Waals surface area contributed by atoms with Crippen LogP contribution in [0.2, 0.25) is 0 Å². The van der Waals surface area contributed by atoms with Gasteiger partial charge in [0.05, 0.1) is 12.5 Å². The molecule has 0 aromatic carbocycles. The van der Waals surface area contributed by atoms with E-state index in [2.05, 4.69) is 6.92 Å². The molecule has 0 saturated carbocycles. The van der Waals surface area contributed by atoms with Crippen LogP contribution in [-0.4, -0.2) is 22.3 Å². The van der Waals surface area contributed by atoms with Crippen LogP contribution in [0.5, 0.6) is 0 Å². The first-order valence-electron chi connectivity index (χ1n) is 7.47. The summed E-state index contributed by atoms with van der Waals surface area (Å²) < 4.78 is 0. The zero-order valence-electron chi connectivity index (χ0n) is 12.0. The van der Waals surface area contributed by atoms with Gasteiger partial charge in [-0.05, 0) is 12.3 Å². The number of carboxylic acid groups (broad SMARTS) is 1. The van der Waals surface area contributed by atoms with Gasteiger partial charge >= 0.3 is 5.97 Å². The van der Waals surface area contributed by atoms with Crippen molar-refractivity contribution >= 4 is 5.97 Å². The largest absolute Gasteiger partial charge is 0.481 e. The number of rotatable bonds is 12. The lowest BCUT2D eigenvalue weighted by atomic mass is 9.95. The van der Waals surface area contributed by atoms with Crippen molar-refractivity contribution in [3.05, 3.63) is 0 Å². The van der Waals surface area contributed by atoms with E-state index in [0.717, 1.165) is 12.8 Å². The lowest BCUT2D eigenvalue weighted by molar-refractivity contribution is -0.139. The summed E-state index contributed by atoms with van der Waals surface area (Å²) in [5.74, 6) is -0.813. The van der Waals surface area contributed by atoms with Crippen molar-refractivity contribution in [2.75, 3.05) is 0 Å². The summed E-state index contributed by atoms with van der Waals surface area (Å²) in [4.78, 5) is 10.5. The SMILES string of the molecule is CCCCCCCCCC[C@H](C)[C@@H](O)CC(=O)O. The number of aliphatic carboxylic acids is 1. The van der Waals surface area contributed by atoms with Crippen LogP contribution in [0.1, 0.15) is 78.1 Å². The molecule has 2 atom stereocenters. The molecule has 0 unspecified atom stereocenters. The fraction of sp³-hybridized carbons (Fsp3) is 0.933. The minimum Gasteiger partial charge on any atom is -0.481 e. The van der Waals surface area contributed by atoms with E-state index < -0.39 is 12.1 Å². The van der Waals surface area contributed by atoms with Gasteiger partial charge in [0.25, 0.3) is 0 Å². The second kappa shape index (κ2) is 11.5. The first-order chi connectivity index (χ1) is 8.57. The number of aliphatic hydroxyl groups excluding tert-OH is 1. The van der Waals surface area contributed by atoms with Crippen LogP contribution < -0.4 is 0 Å². The fourth-order valence-electron chi connectivity index (χ4n) is 2.17. The Balaban J connectivity index is 3.34. The molecule has 0 spiro atoms. The van der Waals surface area contributed by atoms with E-state index in [9.17, 15) is 9.90 Å². The van der Waals surface area contributed by atoms with Gasteiger partial charge in [-0.2, -0.15) is 0 Å². The smallest absolute Gasteiger partial charge is 0.305 e. The molecule has 0 aliphatic rings. The molecule has 0 bridgehead atoms. The predicted octanol–water partition coefficient (Wildman–Crippen LogP) is 3.99. The normalized spacial score (nSPS) is 14.4. The highest BCUT2D eigenvalue weighted by molar-refractivity contribution is 5.67. The van der Waals surface area contributed by atoms with Crippen LogP contribution in [0.15, 0.2) is 0 Å². The molecule has 0 radical (unpaired) electrons. The van der Waals surface area contributed by atoms with Gasteiger partial charge in [0.2, 0.25) is 0 Å². The number of carbonyl (C=O) groups is 1. The molecule has 0 aliphatic carbocycles. The molecule has 18 heavy (non-hydrogen) atoms. The first kappa shape index (κ1) is 17.4. The summed E-state index contributed by atoms with van der Waals surface area (Å²) in [6, 6.07) is 0. The van der Waals surface area contributed by atoms with Crippen LogP contribution in [0.3, 0.4) is 0 Å². The molecular formula is C15H30O3. The number of unbranched alkanes of at least 4 members (excludes halogenated alkanes) is 7. The molecule has 0 aliphatic heterocycles. The van der Waals surface area contributed by atoms with Crippen molar-refractivity contribution in [1.82, 2.24) is 0 Å². The summed E-state index contributed by atoms with van der Waals surface area (Å²) in [5.41, 5.74) is 0. The van der Waals surface area contributed by atoms with E-state index in [0.29, 0.717) is 0 Å². The van der Waals surface area contributed by atoms with E-state index in [4.69, 9.17) is 5.11 Å². The summed E-state index contributed by atoms with van der Waals surface area (Å²) in [7, 11) is 0. The summed E-state index contributed by atoms with van der Waals surface area (Å²) in [6.45, 7) is 4.17. The average Bonchev–Trinajstić information content (AvgIpc) is 2.31. The highest BCUT2D eigenvalue weighted by Crippen LogP contribution is 2.17. The second-order valence-electron chi connectivity index (χ2n) is 5.41. The molecule has 0 aromatic rings. The van der Waals surface area contributed by atoms with Crippen molar-refractivity contribution in [3.63, 3.8) is 0 Å². The second-order valence-corrected chi connectivity index (χ2v) is 5.41. The van der Waals surface area contributed by atoms with Crippen LogP contribution in [0.4, 0.5) is 0 Å². The van der Waals surface area contributed by atoms with Crippen molar-refractivity contribution in [2.45, 2.75) is 84.2 Å². The maximum absolute atomic E-state index is 10.5. The number of hydrogen-bond donors (Lipinski definition) is 2. The quantitative estimate of drug-likeness (QED) is 0.520. The zero-order valence-corrected chi connectivity index (χ0v) is 12.0. The Kier molecular flexibility index (Phi) is 11.2. The first-order valence-corrected chi connectivity index (χ1v) is 7.47. The van der Waals surface area contributed by atoms with Gasteiger partial charge in [0, 0.05) is 0 Å². The third kappa shape index (κ3) is 10.6. The standard InChI is InChI=1S/C15H30O3/c1-3-4-5-6-7-8-9-10-11-13(2)14(16)12-15(17)18/h13-14,16H,3-12H2,1-2H3,(H,17,18)/t13-,14-/m0/s1. The Labute approximate surface area is 112 Å². The molecule has 108 valence electrons. The molecule has 0 fully saturated rings. The Morgan fingerprint density at radius 3 is 2.00 bits per heavy atom. The van der Waals surface area contributed by atoms with Gasteiger partial charge in [-0.1, -0.05) is 65.2 Å². The monoisotopic (exact) mass is 258 g/mol. The third-order valence-corrected chi connectivity index (χ3v) is 3.55. The number of hydrogen-bond acceptors (Lipinski definition) is 2. The van der Waals surface area contributed by atoms with E-state index in [1.54, 1.807) is 0 Å². The highest BCUT2D eigenvalue weighted by atomic mass is 16.4. The molecule has 0 aromatic heterocycles. The molecule has 3 heteroatoms. The van der Waals surface area contributed by atoms with E-state index >= 15 is 0 Å². The molecule has 2 N–H and O–H groups in total. The van der Waals surface area contributed by atoms with Crippen molar-refractivity contribution < 1.29 is 15.0 Å². The highest BCUT2D eigenvalue weighted by Gasteiger charge is 2.16. The van der Waals surface area contributed by atoms with E-state index in [-0.39, 0.29) is 12.3 Å². The maximum atomic E-state index is 10.5. The molecule has 0 heterocycles. The van der Waals surface area contributed by atoms with Crippen LogP contribution in [0, 0.1) is 5.92 Å². The molecule has 0 amide bonds. The van der Waals surface area contributed by atoms with Gasteiger partial charge in [-0.3, -0.25) is 4.79 Å². The minimum atomic E-state index is -0.912.